The number of sulfonamides is 1. The predicted octanol–water partition coefficient (Wildman–Crippen LogP) is -0.438. The summed E-state index contributed by atoms with van der Waals surface area (Å²) in [5.74, 6) is 0.222. The van der Waals surface area contributed by atoms with Gasteiger partial charge in [-0.1, -0.05) is 0 Å². The fraction of sp³-hybridized carbons (Fsp3) is 1.00. The van der Waals surface area contributed by atoms with Gasteiger partial charge < -0.3 is 10.2 Å². The molecule has 0 spiro atoms. The van der Waals surface area contributed by atoms with Crippen LogP contribution >= 0.6 is 0 Å². The van der Waals surface area contributed by atoms with Crippen molar-refractivity contribution in [2.45, 2.75) is 19.4 Å². The molecule has 1 aliphatic heterocycles. The van der Waals surface area contributed by atoms with Crippen molar-refractivity contribution >= 4 is 10.0 Å². The minimum Gasteiger partial charge on any atom is -0.314 e. The molecular weight excluding hydrogens is 226 g/mol. The van der Waals surface area contributed by atoms with E-state index in [0.29, 0.717) is 13.1 Å². The molecule has 1 heterocycles. The zero-order valence-corrected chi connectivity index (χ0v) is 11.3. The summed E-state index contributed by atoms with van der Waals surface area (Å²) < 4.78 is 25.6. The minimum absolute atomic E-state index is 0.0645. The molecule has 1 atom stereocenters. The highest BCUT2D eigenvalue weighted by atomic mass is 32.2. The Balaban J connectivity index is 2.58. The number of nitrogens with one attached hydrogen (secondary N) is 1. The molecule has 1 aliphatic rings. The molecular formula is C10H23N3O2S. The van der Waals surface area contributed by atoms with Gasteiger partial charge in [-0.15, -0.1) is 0 Å². The van der Waals surface area contributed by atoms with E-state index in [0.717, 1.165) is 19.5 Å². The van der Waals surface area contributed by atoms with Crippen LogP contribution in [0.4, 0.5) is 0 Å². The first-order valence-electron chi connectivity index (χ1n) is 5.78. The van der Waals surface area contributed by atoms with Gasteiger partial charge in [0.2, 0.25) is 10.0 Å². The highest BCUT2D eigenvalue weighted by molar-refractivity contribution is 7.89. The zero-order valence-electron chi connectivity index (χ0n) is 10.4. The summed E-state index contributed by atoms with van der Waals surface area (Å²) in [5, 5.41) is 3.15. The smallest absolute Gasteiger partial charge is 0.215 e. The molecule has 0 bridgehead atoms. The summed E-state index contributed by atoms with van der Waals surface area (Å²) >= 11 is 0. The van der Waals surface area contributed by atoms with Crippen LogP contribution in [-0.2, 0) is 10.0 Å². The molecule has 5 nitrogen and oxygen atoms in total. The van der Waals surface area contributed by atoms with Crippen LogP contribution in [0.5, 0.6) is 0 Å². The second-order valence-electron chi connectivity index (χ2n) is 4.64. The van der Waals surface area contributed by atoms with Crippen LogP contribution in [0.2, 0.25) is 0 Å². The Kier molecular flexibility index (Phi) is 5.17. The third kappa shape index (κ3) is 4.01. The van der Waals surface area contributed by atoms with Gasteiger partial charge in [0.1, 0.15) is 0 Å². The van der Waals surface area contributed by atoms with E-state index < -0.39 is 10.0 Å². The molecule has 1 saturated heterocycles. The molecule has 0 amide bonds. The largest absolute Gasteiger partial charge is 0.314 e. The van der Waals surface area contributed by atoms with Gasteiger partial charge in [-0.25, -0.2) is 8.42 Å². The van der Waals surface area contributed by atoms with Crippen LogP contribution < -0.4 is 5.32 Å². The molecule has 1 rings (SSSR count). The first kappa shape index (κ1) is 13.9. The summed E-state index contributed by atoms with van der Waals surface area (Å²) in [7, 11) is 0.949. The number of nitrogens with zero attached hydrogens (tertiary/aromatic N) is 2. The summed E-state index contributed by atoms with van der Waals surface area (Å²) in [5.41, 5.74) is 0. The number of hydrogen-bond donors (Lipinski definition) is 1. The second kappa shape index (κ2) is 5.95. The van der Waals surface area contributed by atoms with Crippen molar-refractivity contribution in [3.8, 4) is 0 Å². The normalized spacial score (nSPS) is 26.9. The Morgan fingerprint density at radius 3 is 2.75 bits per heavy atom. The Bertz CT molecular complexity index is 303. The number of rotatable bonds is 4. The predicted molar refractivity (Wildman–Crippen MR) is 66.0 cm³/mol. The fourth-order valence-corrected chi connectivity index (χ4v) is 3.57. The zero-order chi connectivity index (χ0) is 12.2. The molecule has 16 heavy (non-hydrogen) atoms. The summed E-state index contributed by atoms with van der Waals surface area (Å²) in [6.07, 6.45) is 0.885. The average Bonchev–Trinajstić information content (AvgIpc) is 2.28. The van der Waals surface area contributed by atoms with E-state index in [-0.39, 0.29) is 11.8 Å². The van der Waals surface area contributed by atoms with Crippen LogP contribution in [0.3, 0.4) is 0 Å². The molecule has 1 unspecified atom stereocenters. The SMILES string of the molecule is CC1CNCCS(=O)(=O)N1CCCN(C)C. The Hall–Kier alpha value is -0.170. The van der Waals surface area contributed by atoms with E-state index in [1.165, 1.54) is 0 Å². The lowest BCUT2D eigenvalue weighted by atomic mass is 10.3. The van der Waals surface area contributed by atoms with Gasteiger partial charge in [-0.2, -0.15) is 4.31 Å². The highest BCUT2D eigenvalue weighted by Crippen LogP contribution is 2.10. The third-order valence-corrected chi connectivity index (χ3v) is 4.79. The van der Waals surface area contributed by atoms with Crippen molar-refractivity contribution in [3.63, 3.8) is 0 Å². The lowest BCUT2D eigenvalue weighted by molar-refractivity contribution is 0.308. The van der Waals surface area contributed by atoms with Crippen LogP contribution in [0, 0.1) is 0 Å². The highest BCUT2D eigenvalue weighted by Gasteiger charge is 2.28. The third-order valence-electron chi connectivity index (χ3n) is 2.81. The van der Waals surface area contributed by atoms with Crippen LogP contribution in [-0.4, -0.2) is 69.7 Å². The first-order chi connectivity index (χ1) is 7.43. The average molecular weight is 249 g/mol. The van der Waals surface area contributed by atoms with E-state index in [1.54, 1.807) is 4.31 Å². The van der Waals surface area contributed by atoms with Gasteiger partial charge in [-0.05, 0) is 34.0 Å². The number of hydrogen-bond acceptors (Lipinski definition) is 4. The molecule has 0 radical (unpaired) electrons. The van der Waals surface area contributed by atoms with Gasteiger partial charge in [-0.3, -0.25) is 0 Å². The summed E-state index contributed by atoms with van der Waals surface area (Å²) in [4.78, 5) is 2.08. The Morgan fingerprint density at radius 1 is 1.44 bits per heavy atom. The maximum atomic E-state index is 12.0. The monoisotopic (exact) mass is 249 g/mol. The van der Waals surface area contributed by atoms with Crippen molar-refractivity contribution in [1.29, 1.82) is 0 Å². The van der Waals surface area contributed by atoms with Crippen LogP contribution in [0.1, 0.15) is 13.3 Å². The van der Waals surface area contributed by atoms with Gasteiger partial charge in [0.05, 0.1) is 5.75 Å². The van der Waals surface area contributed by atoms with Crippen molar-refractivity contribution in [2.75, 3.05) is 46.0 Å². The lowest BCUT2D eigenvalue weighted by Gasteiger charge is -2.26. The fourth-order valence-electron chi connectivity index (χ4n) is 1.91. The van der Waals surface area contributed by atoms with Crippen LogP contribution in [0.25, 0.3) is 0 Å². The second-order valence-corrected chi connectivity index (χ2v) is 6.68. The van der Waals surface area contributed by atoms with Gasteiger partial charge in [0.15, 0.2) is 0 Å². The molecule has 6 heteroatoms. The maximum absolute atomic E-state index is 12.0. The van der Waals surface area contributed by atoms with Gasteiger partial charge >= 0.3 is 0 Å². The minimum atomic E-state index is -3.05. The molecule has 0 saturated carbocycles. The lowest BCUT2D eigenvalue weighted by Crippen LogP contribution is -2.42. The topological polar surface area (TPSA) is 52.7 Å². The Labute approximate surface area is 98.8 Å². The van der Waals surface area contributed by atoms with Crippen LogP contribution in [0.15, 0.2) is 0 Å². The van der Waals surface area contributed by atoms with E-state index >= 15 is 0 Å². The molecule has 1 N–H and O–H groups in total. The van der Waals surface area contributed by atoms with E-state index in [9.17, 15) is 8.42 Å². The van der Waals surface area contributed by atoms with E-state index in [2.05, 4.69) is 10.2 Å². The summed E-state index contributed by atoms with van der Waals surface area (Å²) in [6, 6.07) is 0.0645. The van der Waals surface area contributed by atoms with E-state index in [1.807, 2.05) is 21.0 Å². The Morgan fingerprint density at radius 2 is 2.12 bits per heavy atom. The quantitative estimate of drug-likeness (QED) is 0.734. The summed E-state index contributed by atoms with van der Waals surface area (Å²) in [6.45, 7) is 4.83. The van der Waals surface area contributed by atoms with Crippen molar-refractivity contribution in [1.82, 2.24) is 14.5 Å². The van der Waals surface area contributed by atoms with Gasteiger partial charge in [0.25, 0.3) is 0 Å². The van der Waals surface area contributed by atoms with Crippen molar-refractivity contribution in [2.24, 2.45) is 0 Å². The van der Waals surface area contributed by atoms with E-state index in [4.69, 9.17) is 0 Å². The van der Waals surface area contributed by atoms with Gasteiger partial charge in [0, 0.05) is 25.7 Å². The van der Waals surface area contributed by atoms with Crippen molar-refractivity contribution < 1.29 is 8.42 Å². The maximum Gasteiger partial charge on any atom is 0.215 e. The van der Waals surface area contributed by atoms with Crippen molar-refractivity contribution in [3.05, 3.63) is 0 Å². The standard InChI is InChI=1S/C10H23N3O2S/c1-10-9-11-5-8-16(14,15)13(10)7-4-6-12(2)3/h10-11H,4-9H2,1-3H3. The first-order valence-corrected chi connectivity index (χ1v) is 7.39. The molecule has 0 aromatic rings. The molecule has 0 aromatic heterocycles. The molecule has 1 fully saturated rings. The molecule has 96 valence electrons. The molecule has 0 aromatic carbocycles. The molecule has 0 aliphatic carbocycles.